The number of ether oxygens (including phenoxy) is 1. The molecule has 1 atom stereocenters. The van der Waals surface area contributed by atoms with Gasteiger partial charge in [-0.1, -0.05) is 143 Å². The molecular formula is C47H52O8P2. The molecule has 6 aromatic carbocycles. The molecule has 0 aromatic heterocycles. The monoisotopic (exact) mass is 806 g/mol. The molecule has 298 valence electrons. The topological polar surface area (TPSA) is 115 Å². The smallest absolute Gasteiger partial charge is 0.508 e. The lowest BCUT2D eigenvalue weighted by Crippen LogP contribution is -2.18. The number of aromatic hydroxyl groups is 1. The molecule has 0 spiro atoms. The van der Waals surface area contributed by atoms with Crippen LogP contribution in [0.1, 0.15) is 57.2 Å². The fourth-order valence-corrected chi connectivity index (χ4v) is 5.62. The Morgan fingerprint density at radius 2 is 1.02 bits per heavy atom. The number of para-hydroxylation sites is 4. The lowest BCUT2D eigenvalue weighted by molar-refractivity contribution is 0.291. The van der Waals surface area contributed by atoms with Crippen molar-refractivity contribution in [1.82, 2.24) is 0 Å². The summed E-state index contributed by atoms with van der Waals surface area (Å²) in [6.45, 7) is 14.2. The molecule has 0 aliphatic heterocycles. The number of rotatable bonds is 9. The van der Waals surface area contributed by atoms with Crippen LogP contribution in [0, 0.1) is 12.2 Å². The number of hydrogen-bond donors (Lipinski definition) is 3. The summed E-state index contributed by atoms with van der Waals surface area (Å²) in [5.74, 6) is 2.96. The van der Waals surface area contributed by atoms with Crippen molar-refractivity contribution in [3.8, 4) is 41.0 Å². The summed E-state index contributed by atoms with van der Waals surface area (Å²) in [4.78, 5) is 9.53. The Morgan fingerprint density at radius 1 is 0.649 bits per heavy atom. The molecule has 6 aromatic rings. The van der Waals surface area contributed by atoms with E-state index >= 15 is 0 Å². The van der Waals surface area contributed by atoms with Crippen molar-refractivity contribution >= 4 is 17.3 Å². The number of aliphatic hydroxyl groups excluding tert-OH is 1. The first kappa shape index (κ1) is 47.2. The van der Waals surface area contributed by atoms with E-state index in [1.807, 2.05) is 43.3 Å². The van der Waals surface area contributed by atoms with Crippen molar-refractivity contribution in [3.05, 3.63) is 199 Å². The normalized spacial score (nSPS) is 9.96. The Balaban J connectivity index is 0.000000272. The van der Waals surface area contributed by atoms with Gasteiger partial charge in [-0.2, -0.15) is 0 Å². The summed E-state index contributed by atoms with van der Waals surface area (Å²) < 4.78 is 31.3. The van der Waals surface area contributed by atoms with E-state index in [4.69, 9.17) is 28.5 Å². The molecule has 0 bridgehead atoms. The third-order valence-electron chi connectivity index (χ3n) is 7.65. The van der Waals surface area contributed by atoms with Crippen LogP contribution in [0.3, 0.4) is 0 Å². The van der Waals surface area contributed by atoms with Crippen molar-refractivity contribution in [2.75, 3.05) is 0 Å². The molecule has 1 unspecified atom stereocenters. The maximum absolute atomic E-state index is 11.7. The molecule has 0 radical (unpaired) electrons. The third-order valence-corrected chi connectivity index (χ3v) is 8.81. The van der Waals surface area contributed by atoms with Gasteiger partial charge >= 0.3 is 7.82 Å². The molecule has 0 amide bonds. The lowest BCUT2D eigenvalue weighted by atomic mass is 9.77. The van der Waals surface area contributed by atoms with Gasteiger partial charge in [0.15, 0.2) is 12.2 Å². The predicted octanol–water partition coefficient (Wildman–Crippen LogP) is 12.5. The van der Waals surface area contributed by atoms with Gasteiger partial charge in [0.1, 0.15) is 28.7 Å². The second kappa shape index (κ2) is 26.0. The number of phosphoric acid groups is 1. The molecule has 6 rings (SSSR count). The van der Waals surface area contributed by atoms with Crippen LogP contribution in [0.5, 0.6) is 28.7 Å². The summed E-state index contributed by atoms with van der Waals surface area (Å²) >= 11 is 0. The SMILES string of the molecule is C=CC.CC(C)c1ccc(C(C)(C)c2ccc(OP)cc2)cc1.O=P(O)(Oc1ccccc1)Oc1ccccc1.OC#COc1ccccc1.Oc1ccccc1. The number of phenols is 1. The number of phenolic OH excluding ortho intramolecular Hbond substituents is 1. The first-order chi connectivity index (χ1) is 27.3. The summed E-state index contributed by atoms with van der Waals surface area (Å²) in [6.07, 6.45) is 5.46. The minimum atomic E-state index is -4.14. The van der Waals surface area contributed by atoms with Crippen LogP contribution in [0.2, 0.25) is 0 Å². The molecule has 0 saturated carbocycles. The third kappa shape index (κ3) is 19.0. The standard InChI is InChI=1S/C18H23OP.C12H11O4P.C8H6O2.C6H6O.C3H6/c1-13(2)14-5-7-15(8-6-14)18(3,4)16-9-11-17(19-20)12-10-16;13-17(14,15-11-7-3-1-4-8-11)16-12-9-5-2-6-10-12;9-6-7-10-8-4-2-1-3-5-8;7-6-4-2-1-3-5-6;1-3-2/h5-13H,20H2,1-4H3;1-10H,(H,13,14);1-5,9H;1-5,7H;3H,1H2,2H3. The van der Waals surface area contributed by atoms with E-state index in [0.29, 0.717) is 17.4 Å². The molecule has 0 fully saturated rings. The van der Waals surface area contributed by atoms with E-state index in [2.05, 4.69) is 86.2 Å². The Bertz CT molecular complexity index is 2020. The second-order valence-electron chi connectivity index (χ2n) is 12.7. The first-order valence-corrected chi connectivity index (χ1v) is 19.9. The van der Waals surface area contributed by atoms with Gasteiger partial charge in [0.05, 0.1) is 9.47 Å². The number of allylic oxidation sites excluding steroid dienone is 1. The molecule has 57 heavy (non-hydrogen) atoms. The molecule has 0 aliphatic carbocycles. The predicted molar refractivity (Wildman–Crippen MR) is 234 cm³/mol. The highest BCUT2D eigenvalue weighted by Crippen LogP contribution is 2.44. The molecule has 0 heterocycles. The maximum atomic E-state index is 11.7. The highest BCUT2D eigenvalue weighted by atomic mass is 31.2. The number of phosphoric ester groups is 1. The van der Waals surface area contributed by atoms with Crippen LogP contribution in [0.25, 0.3) is 0 Å². The van der Waals surface area contributed by atoms with Gasteiger partial charge in [-0.05, 0) is 90.2 Å². The minimum absolute atomic E-state index is 0.00504. The molecule has 0 saturated heterocycles. The van der Waals surface area contributed by atoms with Gasteiger partial charge in [0, 0.05) is 5.41 Å². The molecular weight excluding hydrogens is 754 g/mol. The largest absolute Gasteiger partial charge is 0.584 e. The minimum Gasteiger partial charge on any atom is -0.508 e. The van der Waals surface area contributed by atoms with Gasteiger partial charge in [0.25, 0.3) is 0 Å². The van der Waals surface area contributed by atoms with Crippen LogP contribution in [0.15, 0.2) is 183 Å². The van der Waals surface area contributed by atoms with E-state index in [1.165, 1.54) is 16.7 Å². The van der Waals surface area contributed by atoms with Gasteiger partial charge in [-0.25, -0.2) is 4.57 Å². The summed E-state index contributed by atoms with van der Waals surface area (Å²) in [5.41, 5.74) is 4.01. The van der Waals surface area contributed by atoms with Gasteiger partial charge in [-0.15, -0.1) is 6.58 Å². The van der Waals surface area contributed by atoms with Gasteiger partial charge < -0.3 is 28.5 Å². The maximum Gasteiger partial charge on any atom is 0.584 e. The molecule has 3 N–H and O–H groups in total. The van der Waals surface area contributed by atoms with Gasteiger partial charge in [0.2, 0.25) is 0 Å². The molecule has 10 heteroatoms. The van der Waals surface area contributed by atoms with E-state index in [9.17, 15) is 9.46 Å². The summed E-state index contributed by atoms with van der Waals surface area (Å²) in [5, 5.41) is 16.7. The Kier molecular flexibility index (Phi) is 21.5. The summed E-state index contributed by atoms with van der Waals surface area (Å²) in [7, 11) is -1.86. The number of benzene rings is 6. The van der Waals surface area contributed by atoms with Crippen LogP contribution in [-0.2, 0) is 9.98 Å². The Morgan fingerprint density at radius 3 is 1.35 bits per heavy atom. The Labute approximate surface area is 340 Å². The molecule has 0 aliphatic rings. The van der Waals surface area contributed by atoms with Crippen molar-refractivity contribution in [2.24, 2.45) is 0 Å². The first-order valence-electron chi connectivity index (χ1n) is 17.9. The number of aliphatic hydroxyl groups is 1. The summed E-state index contributed by atoms with van der Waals surface area (Å²) in [6, 6.07) is 51.7. The van der Waals surface area contributed by atoms with E-state index < -0.39 is 7.82 Å². The lowest BCUT2D eigenvalue weighted by Gasteiger charge is -2.26. The van der Waals surface area contributed by atoms with Gasteiger partial charge in [-0.3, -0.25) is 4.89 Å². The zero-order valence-corrected chi connectivity index (χ0v) is 35.0. The highest BCUT2D eigenvalue weighted by molar-refractivity contribution is 7.48. The van der Waals surface area contributed by atoms with E-state index in [1.54, 1.807) is 109 Å². The van der Waals surface area contributed by atoms with E-state index in [0.717, 1.165) is 5.75 Å². The van der Waals surface area contributed by atoms with Crippen LogP contribution < -0.4 is 18.3 Å². The number of hydrogen-bond acceptors (Lipinski definition) is 7. The average Bonchev–Trinajstić information content (AvgIpc) is 3.22. The van der Waals surface area contributed by atoms with Crippen molar-refractivity contribution < 1.29 is 38.0 Å². The fraction of sp³-hybridized carbons (Fsp3) is 0.149. The zero-order chi connectivity index (χ0) is 41.9. The second-order valence-corrected chi connectivity index (χ2v) is 14.2. The zero-order valence-electron chi connectivity index (χ0n) is 32.9. The average molecular weight is 807 g/mol. The van der Waals surface area contributed by atoms with E-state index in [-0.39, 0.29) is 16.9 Å². The van der Waals surface area contributed by atoms with Crippen molar-refractivity contribution in [1.29, 1.82) is 0 Å². The quantitative estimate of drug-likeness (QED) is 0.0752. The van der Waals surface area contributed by atoms with Crippen molar-refractivity contribution in [2.45, 2.75) is 46.0 Å². The van der Waals surface area contributed by atoms with Crippen LogP contribution in [0.4, 0.5) is 0 Å². The Hall–Kier alpha value is -5.96. The van der Waals surface area contributed by atoms with Crippen LogP contribution in [-0.4, -0.2) is 15.1 Å². The molecule has 8 nitrogen and oxygen atoms in total. The fourth-order valence-electron chi connectivity index (χ4n) is 4.65. The van der Waals surface area contributed by atoms with Crippen molar-refractivity contribution in [3.63, 3.8) is 0 Å². The van der Waals surface area contributed by atoms with Crippen LogP contribution >= 0.6 is 17.3 Å². The highest BCUT2D eigenvalue weighted by Gasteiger charge is 2.25.